The summed E-state index contributed by atoms with van der Waals surface area (Å²) >= 11 is 0. The highest BCUT2D eigenvalue weighted by molar-refractivity contribution is 7.97. The van der Waals surface area contributed by atoms with Gasteiger partial charge in [-0.3, -0.25) is 0 Å². The Morgan fingerprint density at radius 3 is 2.11 bits per heavy atom. The van der Waals surface area contributed by atoms with Crippen molar-refractivity contribution < 1.29 is 35.7 Å². The maximum absolute atomic E-state index is 9.73. The zero-order chi connectivity index (χ0) is 13.9. The Balaban J connectivity index is 2.68. The topological polar surface area (TPSA) is 142 Å². The van der Waals surface area contributed by atoms with E-state index in [-0.39, 0.29) is 11.5 Å². The van der Waals surface area contributed by atoms with E-state index >= 15 is 0 Å². The quantitative estimate of drug-likeness (QED) is 0.245. The molecule has 1 aliphatic rings. The normalized spacial score (nSPS) is 37.5. The van der Waals surface area contributed by atoms with Crippen LogP contribution in [0.2, 0.25) is 0 Å². The van der Waals surface area contributed by atoms with Crippen molar-refractivity contribution in [3.8, 4) is 0 Å². The Labute approximate surface area is 108 Å². The first-order valence-corrected chi connectivity index (χ1v) is 7.33. The molecule has 0 spiro atoms. The molecule has 0 amide bonds. The van der Waals surface area contributed by atoms with Gasteiger partial charge in [-0.05, 0) is 0 Å². The number of aliphatic hydroxyl groups excluding tert-OH is 7. The average molecular weight is 285 g/mol. The van der Waals surface area contributed by atoms with Gasteiger partial charge in [0, 0.05) is 10.9 Å². The van der Waals surface area contributed by atoms with Crippen LogP contribution in [0, 0.1) is 0 Å². The van der Waals surface area contributed by atoms with Gasteiger partial charge in [0.05, 0.1) is 13.2 Å². The Morgan fingerprint density at radius 2 is 1.61 bits per heavy atom. The Morgan fingerprint density at radius 1 is 1.00 bits per heavy atom. The number of hydrogen-bond donors (Lipinski definition) is 7. The predicted octanol–water partition coefficient (Wildman–Crippen LogP) is -4.22. The van der Waals surface area contributed by atoms with E-state index in [0.717, 1.165) is 0 Å². The first-order chi connectivity index (χ1) is 8.42. The van der Waals surface area contributed by atoms with Crippen LogP contribution in [0.25, 0.3) is 0 Å². The summed E-state index contributed by atoms with van der Waals surface area (Å²) in [7, 11) is -0.739. The SMILES string of the molecule is OC[C@@H](O)[C@@H]1[C@@H](O)[C@@H](O)C[S+]1C[C@@H](O)[C@@H](O)CO. The highest BCUT2D eigenvalue weighted by Gasteiger charge is 2.53. The standard InChI is InChI=1S/C10H21O7S/c11-1-5(13)7(15)3-18-4-8(16)9(17)10(18)6(14)2-12/h5-17H,1-4H2/q+1/t5-,6+,7+,8-,9-,10+,18?/m0/s1. The molecule has 1 fully saturated rings. The molecule has 1 aliphatic heterocycles. The van der Waals surface area contributed by atoms with Crippen LogP contribution < -0.4 is 0 Å². The summed E-state index contributed by atoms with van der Waals surface area (Å²) in [6.07, 6.45) is -5.84. The third-order valence-electron chi connectivity index (χ3n) is 3.08. The van der Waals surface area contributed by atoms with Gasteiger partial charge in [-0.15, -0.1) is 0 Å². The molecule has 108 valence electrons. The summed E-state index contributed by atoms with van der Waals surface area (Å²) < 4.78 is 0. The van der Waals surface area contributed by atoms with Crippen molar-refractivity contribution in [2.45, 2.75) is 35.8 Å². The van der Waals surface area contributed by atoms with Crippen LogP contribution in [0.15, 0.2) is 0 Å². The third-order valence-corrected chi connectivity index (χ3v) is 5.99. The zero-order valence-electron chi connectivity index (χ0n) is 9.83. The lowest BCUT2D eigenvalue weighted by molar-refractivity contribution is -0.00392. The van der Waals surface area contributed by atoms with Crippen molar-refractivity contribution >= 4 is 10.9 Å². The van der Waals surface area contributed by atoms with Crippen molar-refractivity contribution in [3.63, 3.8) is 0 Å². The lowest BCUT2D eigenvalue weighted by atomic mass is 10.1. The fourth-order valence-corrected chi connectivity index (χ4v) is 5.01. The van der Waals surface area contributed by atoms with Gasteiger partial charge in [-0.25, -0.2) is 0 Å². The molecular formula is C10H21O7S+. The molecule has 0 aromatic carbocycles. The third kappa shape index (κ3) is 3.55. The smallest absolute Gasteiger partial charge is 0.174 e. The number of rotatable bonds is 6. The second-order valence-electron chi connectivity index (χ2n) is 4.46. The monoisotopic (exact) mass is 285 g/mol. The summed E-state index contributed by atoms with van der Waals surface area (Å²) in [6, 6.07) is 0. The van der Waals surface area contributed by atoms with Gasteiger partial charge >= 0.3 is 0 Å². The van der Waals surface area contributed by atoms with E-state index in [0.29, 0.717) is 0 Å². The van der Waals surface area contributed by atoms with Crippen molar-refractivity contribution in [2.75, 3.05) is 24.7 Å². The number of hydrogen-bond acceptors (Lipinski definition) is 7. The average Bonchev–Trinajstić information content (AvgIpc) is 2.63. The molecule has 7 atom stereocenters. The van der Waals surface area contributed by atoms with E-state index in [1.165, 1.54) is 0 Å². The molecule has 1 rings (SSSR count). The molecule has 7 nitrogen and oxygen atoms in total. The van der Waals surface area contributed by atoms with Gasteiger partial charge in [-0.2, -0.15) is 0 Å². The molecule has 1 saturated heterocycles. The van der Waals surface area contributed by atoms with Crippen LogP contribution in [-0.2, 0) is 10.9 Å². The summed E-state index contributed by atoms with van der Waals surface area (Å²) in [4.78, 5) is 0. The maximum atomic E-state index is 9.73. The first kappa shape index (κ1) is 16.1. The lowest BCUT2D eigenvalue weighted by Gasteiger charge is -2.21. The second kappa shape index (κ2) is 7.01. The molecule has 18 heavy (non-hydrogen) atoms. The van der Waals surface area contributed by atoms with Crippen molar-refractivity contribution in [1.29, 1.82) is 0 Å². The summed E-state index contributed by atoms with van der Waals surface area (Å²) in [5.74, 6) is 0.246. The largest absolute Gasteiger partial charge is 0.394 e. The highest BCUT2D eigenvalue weighted by Crippen LogP contribution is 2.27. The second-order valence-corrected chi connectivity index (χ2v) is 6.75. The van der Waals surface area contributed by atoms with Crippen LogP contribution in [-0.4, -0.2) is 96.2 Å². The molecular weight excluding hydrogens is 264 g/mol. The first-order valence-electron chi connectivity index (χ1n) is 5.70. The molecule has 0 aromatic heterocycles. The Kier molecular flexibility index (Phi) is 6.28. The molecule has 0 bridgehead atoms. The fourth-order valence-electron chi connectivity index (χ4n) is 2.03. The summed E-state index contributed by atoms with van der Waals surface area (Å²) in [6.45, 7) is -1.13. The van der Waals surface area contributed by atoms with E-state index in [9.17, 15) is 25.5 Å². The maximum Gasteiger partial charge on any atom is 0.174 e. The van der Waals surface area contributed by atoms with Crippen molar-refractivity contribution in [3.05, 3.63) is 0 Å². The van der Waals surface area contributed by atoms with Gasteiger partial charge < -0.3 is 35.7 Å². The van der Waals surface area contributed by atoms with Gasteiger partial charge in [-0.1, -0.05) is 0 Å². The van der Waals surface area contributed by atoms with Gasteiger partial charge in [0.15, 0.2) is 5.25 Å². The van der Waals surface area contributed by atoms with E-state index in [2.05, 4.69) is 0 Å². The van der Waals surface area contributed by atoms with Crippen LogP contribution >= 0.6 is 0 Å². The minimum atomic E-state index is -1.29. The van der Waals surface area contributed by atoms with Gasteiger partial charge in [0.1, 0.15) is 42.0 Å². The molecule has 1 unspecified atom stereocenters. The molecule has 0 radical (unpaired) electrons. The van der Waals surface area contributed by atoms with Gasteiger partial charge in [0.25, 0.3) is 0 Å². The van der Waals surface area contributed by atoms with Crippen LogP contribution in [0.1, 0.15) is 0 Å². The molecule has 0 aromatic rings. The Hall–Kier alpha value is 0.0700. The zero-order valence-corrected chi connectivity index (χ0v) is 10.6. The predicted molar refractivity (Wildman–Crippen MR) is 65.1 cm³/mol. The van der Waals surface area contributed by atoms with Crippen molar-refractivity contribution in [2.24, 2.45) is 0 Å². The minimum absolute atomic E-state index is 0.0531. The molecule has 1 heterocycles. The lowest BCUT2D eigenvalue weighted by Crippen LogP contribution is -2.46. The van der Waals surface area contributed by atoms with E-state index in [4.69, 9.17) is 10.2 Å². The fraction of sp³-hybridized carbons (Fsp3) is 1.00. The van der Waals surface area contributed by atoms with Crippen LogP contribution in [0.4, 0.5) is 0 Å². The van der Waals surface area contributed by atoms with Gasteiger partial charge in [0.2, 0.25) is 0 Å². The molecule has 8 heteroatoms. The number of aliphatic hydroxyl groups is 7. The van der Waals surface area contributed by atoms with Crippen LogP contribution in [0.5, 0.6) is 0 Å². The molecule has 7 N–H and O–H groups in total. The van der Waals surface area contributed by atoms with Crippen molar-refractivity contribution in [1.82, 2.24) is 0 Å². The molecule has 0 saturated carbocycles. The molecule has 0 aliphatic carbocycles. The Bertz CT molecular complexity index is 254. The summed E-state index contributed by atoms with van der Waals surface area (Å²) in [5, 5.41) is 64.7. The summed E-state index contributed by atoms with van der Waals surface area (Å²) in [5.41, 5.74) is 0. The van der Waals surface area contributed by atoms with E-state index in [1.54, 1.807) is 0 Å². The van der Waals surface area contributed by atoms with E-state index in [1.807, 2.05) is 0 Å². The minimum Gasteiger partial charge on any atom is -0.394 e. The van der Waals surface area contributed by atoms with E-state index < -0.39 is 59.9 Å². The highest BCUT2D eigenvalue weighted by atomic mass is 32.2. The van der Waals surface area contributed by atoms with Crippen LogP contribution in [0.3, 0.4) is 0 Å².